The first-order chi connectivity index (χ1) is 8.34. The van der Waals surface area contributed by atoms with E-state index in [1.165, 1.54) is 11.6 Å². The van der Waals surface area contributed by atoms with Crippen molar-refractivity contribution in [2.24, 2.45) is 0 Å². The van der Waals surface area contributed by atoms with Gasteiger partial charge in [-0.25, -0.2) is 9.07 Å². The van der Waals surface area contributed by atoms with E-state index in [0.717, 1.165) is 19.5 Å². The Hall–Kier alpha value is -1.68. The zero-order valence-electron chi connectivity index (χ0n) is 9.44. The Morgan fingerprint density at radius 3 is 3.00 bits per heavy atom. The summed E-state index contributed by atoms with van der Waals surface area (Å²) in [6, 6.07) is 6.69. The minimum absolute atomic E-state index is 0.244. The van der Waals surface area contributed by atoms with Crippen molar-refractivity contribution in [1.29, 1.82) is 0 Å². The third-order valence-corrected chi connectivity index (χ3v) is 3.23. The molecule has 1 aromatic carbocycles. The number of para-hydroxylation sites is 1. The van der Waals surface area contributed by atoms with Crippen molar-refractivity contribution in [1.82, 2.24) is 15.1 Å². The van der Waals surface area contributed by atoms with E-state index >= 15 is 0 Å². The smallest absolute Gasteiger partial charge is 0.148 e. The molecule has 1 atom stereocenters. The van der Waals surface area contributed by atoms with Gasteiger partial charge in [0.15, 0.2) is 0 Å². The Bertz CT molecular complexity index is 515. The summed E-state index contributed by atoms with van der Waals surface area (Å²) in [5.41, 5.74) is 1.68. The van der Waals surface area contributed by atoms with Gasteiger partial charge in [0.1, 0.15) is 11.5 Å². The molecule has 88 valence electrons. The second kappa shape index (κ2) is 4.30. The molecule has 3 nitrogen and oxygen atoms in total. The monoisotopic (exact) mass is 231 g/mol. The van der Waals surface area contributed by atoms with Crippen LogP contribution in [-0.2, 0) is 0 Å². The van der Waals surface area contributed by atoms with E-state index in [1.807, 2.05) is 18.5 Å². The molecule has 17 heavy (non-hydrogen) atoms. The predicted molar refractivity (Wildman–Crippen MR) is 63.7 cm³/mol. The molecular weight excluding hydrogens is 217 g/mol. The Kier molecular flexibility index (Phi) is 2.65. The minimum atomic E-state index is -0.244. The van der Waals surface area contributed by atoms with Crippen LogP contribution in [-0.4, -0.2) is 22.9 Å². The van der Waals surface area contributed by atoms with Crippen molar-refractivity contribution in [3.8, 4) is 5.69 Å². The van der Waals surface area contributed by atoms with Crippen molar-refractivity contribution < 1.29 is 4.39 Å². The second-order valence-corrected chi connectivity index (χ2v) is 4.36. The topological polar surface area (TPSA) is 29.9 Å². The van der Waals surface area contributed by atoms with E-state index < -0.39 is 0 Å². The van der Waals surface area contributed by atoms with Crippen LogP contribution in [0.25, 0.3) is 5.69 Å². The SMILES string of the molecule is Fc1ccccc1-n1cc(C2CCNC2)cn1. The van der Waals surface area contributed by atoms with Gasteiger partial charge in [-0.2, -0.15) is 5.10 Å². The molecule has 0 amide bonds. The molecule has 1 saturated heterocycles. The first kappa shape index (κ1) is 10.5. The van der Waals surface area contributed by atoms with Crippen LogP contribution < -0.4 is 5.32 Å². The summed E-state index contributed by atoms with van der Waals surface area (Å²) in [5, 5.41) is 7.56. The van der Waals surface area contributed by atoms with E-state index in [2.05, 4.69) is 10.4 Å². The predicted octanol–water partition coefficient (Wildman–Crippen LogP) is 2.09. The normalized spacial score (nSPS) is 19.7. The van der Waals surface area contributed by atoms with Gasteiger partial charge in [-0.15, -0.1) is 0 Å². The summed E-state index contributed by atoms with van der Waals surface area (Å²) < 4.78 is 15.2. The van der Waals surface area contributed by atoms with Crippen LogP contribution in [0, 0.1) is 5.82 Å². The lowest BCUT2D eigenvalue weighted by atomic mass is 10.0. The maximum atomic E-state index is 13.6. The average molecular weight is 231 g/mol. The number of hydrogen-bond donors (Lipinski definition) is 1. The van der Waals surface area contributed by atoms with E-state index in [1.54, 1.807) is 16.8 Å². The van der Waals surface area contributed by atoms with Crippen molar-refractivity contribution >= 4 is 0 Å². The Morgan fingerprint density at radius 1 is 1.35 bits per heavy atom. The fraction of sp³-hybridized carbons (Fsp3) is 0.308. The van der Waals surface area contributed by atoms with E-state index in [0.29, 0.717) is 11.6 Å². The van der Waals surface area contributed by atoms with Crippen LogP contribution in [0.2, 0.25) is 0 Å². The van der Waals surface area contributed by atoms with E-state index in [4.69, 9.17) is 0 Å². The molecule has 2 aromatic rings. The standard InChI is InChI=1S/C13H14FN3/c14-12-3-1-2-4-13(12)17-9-11(8-16-17)10-5-6-15-7-10/h1-4,8-10,15H,5-7H2. The molecule has 0 aliphatic carbocycles. The van der Waals surface area contributed by atoms with Crippen molar-refractivity contribution in [3.05, 3.63) is 48.0 Å². The molecule has 1 unspecified atom stereocenters. The van der Waals surface area contributed by atoms with Gasteiger partial charge in [-0.1, -0.05) is 12.1 Å². The summed E-state index contributed by atoms with van der Waals surface area (Å²) in [6.45, 7) is 2.04. The van der Waals surface area contributed by atoms with Crippen molar-refractivity contribution in [2.75, 3.05) is 13.1 Å². The highest BCUT2D eigenvalue weighted by atomic mass is 19.1. The van der Waals surface area contributed by atoms with Crippen molar-refractivity contribution in [3.63, 3.8) is 0 Å². The number of nitrogens with one attached hydrogen (secondary N) is 1. The molecule has 1 aliphatic rings. The Labute approximate surface area is 99.3 Å². The number of halogens is 1. The Morgan fingerprint density at radius 2 is 2.24 bits per heavy atom. The molecule has 1 fully saturated rings. The number of hydrogen-bond acceptors (Lipinski definition) is 2. The zero-order valence-corrected chi connectivity index (χ0v) is 9.44. The molecule has 4 heteroatoms. The van der Waals surface area contributed by atoms with Gasteiger partial charge in [-0.05, 0) is 30.7 Å². The first-order valence-corrected chi connectivity index (χ1v) is 5.85. The Balaban J connectivity index is 1.92. The second-order valence-electron chi connectivity index (χ2n) is 4.36. The van der Waals surface area contributed by atoms with Crippen LogP contribution in [0.5, 0.6) is 0 Å². The lowest BCUT2D eigenvalue weighted by molar-refractivity contribution is 0.610. The summed E-state index contributed by atoms with van der Waals surface area (Å²) in [7, 11) is 0. The fourth-order valence-electron chi connectivity index (χ4n) is 2.26. The van der Waals surface area contributed by atoms with Gasteiger partial charge in [0.25, 0.3) is 0 Å². The molecule has 1 aromatic heterocycles. The van der Waals surface area contributed by atoms with Crippen LogP contribution >= 0.6 is 0 Å². The van der Waals surface area contributed by atoms with E-state index in [-0.39, 0.29) is 5.82 Å². The fourth-order valence-corrected chi connectivity index (χ4v) is 2.26. The average Bonchev–Trinajstić information content (AvgIpc) is 3.00. The van der Waals surface area contributed by atoms with Gasteiger partial charge >= 0.3 is 0 Å². The van der Waals surface area contributed by atoms with Gasteiger partial charge in [-0.3, -0.25) is 0 Å². The molecule has 1 aliphatic heterocycles. The van der Waals surface area contributed by atoms with Crippen LogP contribution in [0.1, 0.15) is 17.9 Å². The molecule has 1 N–H and O–H groups in total. The highest BCUT2D eigenvalue weighted by Crippen LogP contribution is 2.23. The molecule has 0 radical (unpaired) electrons. The van der Waals surface area contributed by atoms with Gasteiger partial charge < -0.3 is 5.32 Å². The number of benzene rings is 1. The van der Waals surface area contributed by atoms with Crippen LogP contribution in [0.3, 0.4) is 0 Å². The number of aromatic nitrogens is 2. The molecule has 0 bridgehead atoms. The quantitative estimate of drug-likeness (QED) is 0.857. The van der Waals surface area contributed by atoms with Gasteiger partial charge in [0.2, 0.25) is 0 Å². The molecule has 2 heterocycles. The number of rotatable bonds is 2. The zero-order chi connectivity index (χ0) is 11.7. The van der Waals surface area contributed by atoms with Gasteiger partial charge in [0.05, 0.1) is 6.20 Å². The summed E-state index contributed by atoms with van der Waals surface area (Å²) in [4.78, 5) is 0. The summed E-state index contributed by atoms with van der Waals surface area (Å²) in [6.07, 6.45) is 4.89. The third kappa shape index (κ3) is 1.96. The van der Waals surface area contributed by atoms with Crippen molar-refractivity contribution in [2.45, 2.75) is 12.3 Å². The lowest BCUT2D eigenvalue weighted by Crippen LogP contribution is -2.07. The molecule has 3 rings (SSSR count). The van der Waals surface area contributed by atoms with Crippen LogP contribution in [0.15, 0.2) is 36.7 Å². The molecule has 0 saturated carbocycles. The first-order valence-electron chi connectivity index (χ1n) is 5.85. The van der Waals surface area contributed by atoms with Crippen LogP contribution in [0.4, 0.5) is 4.39 Å². The lowest BCUT2D eigenvalue weighted by Gasteiger charge is -2.04. The van der Waals surface area contributed by atoms with Gasteiger partial charge in [0, 0.05) is 18.7 Å². The minimum Gasteiger partial charge on any atom is -0.316 e. The number of nitrogens with zero attached hydrogens (tertiary/aromatic N) is 2. The molecular formula is C13H14FN3. The highest BCUT2D eigenvalue weighted by Gasteiger charge is 2.18. The summed E-state index contributed by atoms with van der Waals surface area (Å²) in [5.74, 6) is 0.266. The maximum absolute atomic E-state index is 13.6. The van der Waals surface area contributed by atoms with E-state index in [9.17, 15) is 4.39 Å². The highest BCUT2D eigenvalue weighted by molar-refractivity contribution is 5.33. The molecule has 0 spiro atoms. The maximum Gasteiger partial charge on any atom is 0.148 e. The third-order valence-electron chi connectivity index (χ3n) is 3.23. The largest absolute Gasteiger partial charge is 0.316 e. The summed E-state index contributed by atoms with van der Waals surface area (Å²) >= 11 is 0.